The van der Waals surface area contributed by atoms with E-state index in [2.05, 4.69) is 10.6 Å². The molecule has 0 aromatic heterocycles. The molecular weight excluding hydrogens is 414 g/mol. The minimum absolute atomic E-state index is 0.0584. The molecule has 2 aromatic rings. The molecule has 0 unspecified atom stereocenters. The highest BCUT2D eigenvalue weighted by Gasteiger charge is 2.39. The second-order valence-electron chi connectivity index (χ2n) is 8.28. The Labute approximate surface area is 182 Å². The van der Waals surface area contributed by atoms with Gasteiger partial charge in [-0.3, -0.25) is 9.59 Å². The number of sulfonamides is 1. The summed E-state index contributed by atoms with van der Waals surface area (Å²) in [5.41, 5.74) is 4.32. The topological polar surface area (TPSA) is 95.6 Å². The first-order valence-electron chi connectivity index (χ1n) is 10.6. The second kappa shape index (κ2) is 8.43. The van der Waals surface area contributed by atoms with E-state index in [-0.39, 0.29) is 16.7 Å². The predicted octanol–water partition coefficient (Wildman–Crippen LogP) is 3.37. The molecule has 4 rings (SSSR count). The van der Waals surface area contributed by atoms with Crippen molar-refractivity contribution in [2.24, 2.45) is 0 Å². The van der Waals surface area contributed by atoms with Crippen LogP contribution in [0.1, 0.15) is 42.4 Å². The van der Waals surface area contributed by atoms with Crippen molar-refractivity contribution in [3.05, 3.63) is 53.1 Å². The van der Waals surface area contributed by atoms with Gasteiger partial charge in [0.05, 0.1) is 4.90 Å². The summed E-state index contributed by atoms with van der Waals surface area (Å²) >= 11 is 0. The van der Waals surface area contributed by atoms with Crippen LogP contribution in [0.3, 0.4) is 0 Å². The highest BCUT2D eigenvalue weighted by molar-refractivity contribution is 7.89. The van der Waals surface area contributed by atoms with Crippen LogP contribution in [0.5, 0.6) is 0 Å². The Morgan fingerprint density at radius 2 is 1.87 bits per heavy atom. The summed E-state index contributed by atoms with van der Waals surface area (Å²) in [5.74, 6) is -0.372. The summed E-state index contributed by atoms with van der Waals surface area (Å²) in [7, 11) is -3.84. The summed E-state index contributed by atoms with van der Waals surface area (Å²) in [6, 6.07) is 9.69. The Morgan fingerprint density at radius 3 is 2.65 bits per heavy atom. The van der Waals surface area contributed by atoms with E-state index in [1.165, 1.54) is 10.4 Å². The van der Waals surface area contributed by atoms with E-state index >= 15 is 0 Å². The number of carbonyl (C=O) groups is 2. The van der Waals surface area contributed by atoms with Crippen molar-refractivity contribution in [3.8, 4) is 0 Å². The van der Waals surface area contributed by atoms with Gasteiger partial charge in [0, 0.05) is 24.3 Å². The number of fused-ring (bicyclic) bond motifs is 1. The summed E-state index contributed by atoms with van der Waals surface area (Å²) in [5, 5.41) is 5.70. The molecule has 0 radical (unpaired) electrons. The zero-order chi connectivity index (χ0) is 22.2. The van der Waals surface area contributed by atoms with E-state index < -0.39 is 16.1 Å². The van der Waals surface area contributed by atoms with Crippen molar-refractivity contribution in [2.45, 2.75) is 56.9 Å². The van der Waals surface area contributed by atoms with E-state index in [0.717, 1.165) is 16.7 Å². The average molecular weight is 442 g/mol. The van der Waals surface area contributed by atoms with E-state index in [1.54, 1.807) is 12.1 Å². The fourth-order valence-corrected chi connectivity index (χ4v) is 5.89. The predicted molar refractivity (Wildman–Crippen MR) is 119 cm³/mol. The zero-order valence-corrected chi connectivity index (χ0v) is 18.6. The van der Waals surface area contributed by atoms with Crippen LogP contribution in [0.2, 0.25) is 0 Å². The van der Waals surface area contributed by atoms with Crippen molar-refractivity contribution in [2.75, 3.05) is 17.2 Å². The zero-order valence-electron chi connectivity index (χ0n) is 17.8. The molecule has 1 fully saturated rings. The van der Waals surface area contributed by atoms with Gasteiger partial charge < -0.3 is 10.6 Å². The van der Waals surface area contributed by atoms with Gasteiger partial charge in [-0.15, -0.1) is 0 Å². The van der Waals surface area contributed by atoms with Gasteiger partial charge in [-0.05, 0) is 86.6 Å². The molecule has 2 aromatic carbocycles. The van der Waals surface area contributed by atoms with Crippen molar-refractivity contribution in [1.29, 1.82) is 0 Å². The molecule has 1 saturated heterocycles. The van der Waals surface area contributed by atoms with Crippen molar-refractivity contribution in [1.82, 2.24) is 4.31 Å². The Kier molecular flexibility index (Phi) is 5.85. The maximum absolute atomic E-state index is 13.4. The molecule has 1 atom stereocenters. The summed E-state index contributed by atoms with van der Waals surface area (Å²) in [4.78, 5) is 24.9. The van der Waals surface area contributed by atoms with Crippen LogP contribution in [0.15, 0.2) is 41.3 Å². The van der Waals surface area contributed by atoms with Crippen molar-refractivity contribution in [3.63, 3.8) is 0 Å². The molecule has 2 aliphatic heterocycles. The fourth-order valence-electron chi connectivity index (χ4n) is 4.18. The Bertz CT molecular complexity index is 1140. The Hall–Kier alpha value is -2.71. The number of hydrogen-bond acceptors (Lipinski definition) is 4. The molecule has 8 heteroatoms. The number of amides is 2. The Balaban J connectivity index is 1.57. The highest BCUT2D eigenvalue weighted by atomic mass is 32.2. The molecule has 164 valence electrons. The van der Waals surface area contributed by atoms with E-state index in [1.807, 2.05) is 32.0 Å². The van der Waals surface area contributed by atoms with Crippen molar-refractivity contribution < 1.29 is 18.0 Å². The van der Waals surface area contributed by atoms with Gasteiger partial charge in [0.15, 0.2) is 0 Å². The molecule has 2 heterocycles. The summed E-state index contributed by atoms with van der Waals surface area (Å²) in [6.45, 7) is 4.28. The minimum atomic E-state index is -3.84. The van der Waals surface area contributed by atoms with E-state index in [0.29, 0.717) is 50.0 Å². The van der Waals surface area contributed by atoms with Crippen LogP contribution < -0.4 is 10.6 Å². The largest absolute Gasteiger partial charge is 0.326 e. The molecule has 2 N–H and O–H groups in total. The Morgan fingerprint density at radius 1 is 1.06 bits per heavy atom. The van der Waals surface area contributed by atoms with Crippen LogP contribution in [0, 0.1) is 13.8 Å². The molecule has 0 saturated carbocycles. The van der Waals surface area contributed by atoms with Crippen LogP contribution in [0.4, 0.5) is 11.4 Å². The van der Waals surface area contributed by atoms with Gasteiger partial charge in [0.1, 0.15) is 6.04 Å². The second-order valence-corrected chi connectivity index (χ2v) is 10.2. The van der Waals surface area contributed by atoms with Crippen LogP contribution in [-0.4, -0.2) is 37.1 Å². The molecular formula is C23H27N3O4S. The highest BCUT2D eigenvalue weighted by Crippen LogP contribution is 2.31. The van der Waals surface area contributed by atoms with E-state index in [4.69, 9.17) is 0 Å². The molecule has 2 amide bonds. The lowest BCUT2D eigenvalue weighted by atomic mass is 10.1. The summed E-state index contributed by atoms with van der Waals surface area (Å²) in [6.07, 6.45) is 2.84. The van der Waals surface area contributed by atoms with Crippen molar-refractivity contribution >= 4 is 33.2 Å². The number of rotatable bonds is 4. The van der Waals surface area contributed by atoms with Crippen LogP contribution in [0.25, 0.3) is 0 Å². The number of anilines is 2. The SMILES string of the molecule is Cc1ccc(NC(=O)[C@H]2CCCN2S(=O)(=O)c2ccc3c(c2)CCCC(=O)N3)cc1C. The monoisotopic (exact) mass is 441 g/mol. The van der Waals surface area contributed by atoms with E-state index in [9.17, 15) is 18.0 Å². The normalized spacial score (nSPS) is 19.4. The molecule has 0 aliphatic carbocycles. The molecule has 0 bridgehead atoms. The number of carbonyl (C=O) groups excluding carboxylic acids is 2. The van der Waals surface area contributed by atoms with Crippen LogP contribution >= 0.6 is 0 Å². The molecule has 0 spiro atoms. The number of aryl methyl sites for hydroxylation is 3. The maximum Gasteiger partial charge on any atom is 0.243 e. The third-order valence-electron chi connectivity index (χ3n) is 6.09. The first-order valence-corrected chi connectivity index (χ1v) is 12.0. The first kappa shape index (κ1) is 21.5. The third-order valence-corrected chi connectivity index (χ3v) is 7.99. The van der Waals surface area contributed by atoms with Gasteiger partial charge >= 0.3 is 0 Å². The minimum Gasteiger partial charge on any atom is -0.326 e. The number of hydrogen-bond donors (Lipinski definition) is 2. The maximum atomic E-state index is 13.4. The van der Waals surface area contributed by atoms with Gasteiger partial charge in [0.25, 0.3) is 0 Å². The lowest BCUT2D eigenvalue weighted by Crippen LogP contribution is -2.43. The lowest BCUT2D eigenvalue weighted by Gasteiger charge is -2.24. The van der Waals surface area contributed by atoms with Gasteiger partial charge in [-0.25, -0.2) is 8.42 Å². The van der Waals surface area contributed by atoms with Crippen LogP contribution in [-0.2, 0) is 26.0 Å². The average Bonchev–Trinajstić information content (AvgIpc) is 3.15. The van der Waals surface area contributed by atoms with Gasteiger partial charge in [-0.1, -0.05) is 6.07 Å². The molecule has 31 heavy (non-hydrogen) atoms. The van der Waals surface area contributed by atoms with Gasteiger partial charge in [0.2, 0.25) is 21.8 Å². The standard InChI is InChI=1S/C23H27N3O4S/c1-15-8-9-18(13-16(15)2)24-23(28)21-6-4-12-26(21)31(29,30)19-10-11-20-17(14-19)5-3-7-22(27)25-20/h8-11,13-14,21H,3-7,12H2,1-2H3,(H,24,28)(H,25,27)/t21-/m1/s1. The molecule has 7 nitrogen and oxygen atoms in total. The first-order chi connectivity index (χ1) is 14.8. The lowest BCUT2D eigenvalue weighted by molar-refractivity contribution is -0.119. The third kappa shape index (κ3) is 4.36. The number of nitrogens with one attached hydrogen (secondary N) is 2. The number of nitrogens with zero attached hydrogens (tertiary/aromatic N) is 1. The fraction of sp³-hybridized carbons (Fsp3) is 0.391. The smallest absolute Gasteiger partial charge is 0.243 e. The number of benzene rings is 2. The van der Waals surface area contributed by atoms with Gasteiger partial charge in [-0.2, -0.15) is 4.31 Å². The summed E-state index contributed by atoms with van der Waals surface area (Å²) < 4.78 is 28.1. The quantitative estimate of drug-likeness (QED) is 0.760. The molecule has 2 aliphatic rings.